The molecule has 22 heavy (non-hydrogen) atoms. The van der Waals surface area contributed by atoms with Crippen LogP contribution in [0.5, 0.6) is 0 Å². The molecule has 0 N–H and O–H groups in total. The summed E-state index contributed by atoms with van der Waals surface area (Å²) in [6, 6.07) is 0.0564. The van der Waals surface area contributed by atoms with Crippen molar-refractivity contribution < 1.29 is 19.1 Å². The predicted molar refractivity (Wildman–Crippen MR) is 85.5 cm³/mol. The van der Waals surface area contributed by atoms with Gasteiger partial charge in [0.25, 0.3) is 0 Å². The fourth-order valence-electron chi connectivity index (χ4n) is 3.06. The molecular formula is C17H31NO4. The molecule has 0 aromatic carbocycles. The van der Waals surface area contributed by atoms with Gasteiger partial charge in [-0.25, -0.2) is 4.79 Å². The minimum Gasteiger partial charge on any atom is -0.469 e. The Bertz CT molecular complexity index is 405. The number of rotatable bonds is 3. The first-order valence-electron chi connectivity index (χ1n) is 8.04. The van der Waals surface area contributed by atoms with Crippen LogP contribution in [-0.4, -0.2) is 42.8 Å². The normalized spacial score (nSPS) is 27.0. The number of esters is 1. The highest BCUT2D eigenvalue weighted by Crippen LogP contribution is 2.43. The molecule has 0 unspecified atom stereocenters. The minimum atomic E-state index is -0.492. The van der Waals surface area contributed by atoms with E-state index in [0.29, 0.717) is 0 Å². The van der Waals surface area contributed by atoms with Crippen molar-refractivity contribution >= 4 is 12.1 Å². The molecule has 1 atom stereocenters. The summed E-state index contributed by atoms with van der Waals surface area (Å²) >= 11 is 0. The van der Waals surface area contributed by atoms with Gasteiger partial charge < -0.3 is 14.4 Å². The van der Waals surface area contributed by atoms with Gasteiger partial charge in [0.2, 0.25) is 0 Å². The van der Waals surface area contributed by atoms with Crippen molar-refractivity contribution in [1.29, 1.82) is 0 Å². The van der Waals surface area contributed by atoms with E-state index < -0.39 is 5.60 Å². The average Bonchev–Trinajstić information content (AvgIpc) is 2.43. The summed E-state index contributed by atoms with van der Waals surface area (Å²) in [5, 5.41) is 0. The Morgan fingerprint density at radius 3 is 2.14 bits per heavy atom. The Hall–Kier alpha value is -1.26. The monoisotopic (exact) mass is 313 g/mol. The second-order valence-corrected chi connectivity index (χ2v) is 7.72. The third-order valence-corrected chi connectivity index (χ3v) is 4.93. The number of hydrogen-bond donors (Lipinski definition) is 0. The van der Waals surface area contributed by atoms with Gasteiger partial charge in [-0.15, -0.1) is 0 Å². The van der Waals surface area contributed by atoms with Gasteiger partial charge in [-0.2, -0.15) is 0 Å². The number of nitrogens with zero attached hydrogens (tertiary/aromatic N) is 1. The van der Waals surface area contributed by atoms with E-state index in [0.717, 1.165) is 25.7 Å². The van der Waals surface area contributed by atoms with E-state index in [2.05, 4.69) is 13.8 Å². The number of carbonyl (C=O) groups is 2. The molecular weight excluding hydrogens is 282 g/mol. The van der Waals surface area contributed by atoms with E-state index in [4.69, 9.17) is 9.47 Å². The lowest BCUT2D eigenvalue weighted by Gasteiger charge is -2.44. The summed E-state index contributed by atoms with van der Waals surface area (Å²) in [6.07, 6.45) is 3.14. The molecule has 0 saturated heterocycles. The van der Waals surface area contributed by atoms with Crippen LogP contribution in [0.1, 0.15) is 60.3 Å². The second-order valence-electron chi connectivity index (χ2n) is 7.72. The minimum absolute atomic E-state index is 0.00268. The lowest BCUT2D eigenvalue weighted by atomic mass is 9.67. The molecule has 1 amide bonds. The number of hydrogen-bond acceptors (Lipinski definition) is 4. The topological polar surface area (TPSA) is 55.8 Å². The van der Waals surface area contributed by atoms with Crippen LogP contribution >= 0.6 is 0 Å². The fourth-order valence-corrected chi connectivity index (χ4v) is 3.06. The fraction of sp³-hybridized carbons (Fsp3) is 0.882. The zero-order valence-electron chi connectivity index (χ0n) is 15.1. The SMILES string of the molecule is COC(=O)C1CCC(C)([C@@H](C)N(C)C(=O)OC(C)(C)C)CC1. The summed E-state index contributed by atoms with van der Waals surface area (Å²) in [5.74, 6) is -0.118. The Morgan fingerprint density at radius 2 is 1.73 bits per heavy atom. The third kappa shape index (κ3) is 4.62. The third-order valence-electron chi connectivity index (χ3n) is 4.93. The maximum absolute atomic E-state index is 12.2. The van der Waals surface area contributed by atoms with Crippen molar-refractivity contribution in [1.82, 2.24) is 4.90 Å². The number of ether oxygens (including phenoxy) is 2. The maximum atomic E-state index is 12.2. The molecule has 0 heterocycles. The molecule has 1 saturated carbocycles. The Balaban J connectivity index is 2.66. The molecule has 1 rings (SSSR count). The molecule has 0 bridgehead atoms. The van der Waals surface area contributed by atoms with Crippen LogP contribution in [0.25, 0.3) is 0 Å². The van der Waals surface area contributed by atoms with E-state index in [1.807, 2.05) is 20.8 Å². The molecule has 1 aliphatic carbocycles. The molecule has 1 aliphatic rings. The summed E-state index contributed by atoms with van der Waals surface area (Å²) in [5.41, 5.74) is -0.495. The lowest BCUT2D eigenvalue weighted by Crippen LogP contribution is -2.49. The van der Waals surface area contributed by atoms with E-state index in [-0.39, 0.29) is 29.4 Å². The molecule has 128 valence electrons. The molecule has 0 aromatic rings. The summed E-state index contributed by atoms with van der Waals surface area (Å²) in [4.78, 5) is 25.6. The Morgan fingerprint density at radius 1 is 1.23 bits per heavy atom. The molecule has 0 aromatic heterocycles. The van der Waals surface area contributed by atoms with Crippen molar-refractivity contribution in [3.8, 4) is 0 Å². The number of amides is 1. The van der Waals surface area contributed by atoms with E-state index >= 15 is 0 Å². The van der Waals surface area contributed by atoms with Crippen LogP contribution in [0, 0.1) is 11.3 Å². The summed E-state index contributed by atoms with van der Waals surface area (Å²) in [7, 11) is 3.23. The van der Waals surface area contributed by atoms with Gasteiger partial charge in [0.1, 0.15) is 5.60 Å². The van der Waals surface area contributed by atoms with Crippen molar-refractivity contribution in [2.45, 2.75) is 71.9 Å². The van der Waals surface area contributed by atoms with E-state index in [1.54, 1.807) is 11.9 Å². The van der Waals surface area contributed by atoms with Crippen molar-refractivity contribution in [3.63, 3.8) is 0 Å². The molecule has 1 fully saturated rings. The second kappa shape index (κ2) is 6.88. The zero-order chi connectivity index (χ0) is 17.1. The van der Waals surface area contributed by atoms with Crippen LogP contribution in [0.3, 0.4) is 0 Å². The van der Waals surface area contributed by atoms with Gasteiger partial charge in [-0.05, 0) is 58.8 Å². The molecule has 0 radical (unpaired) electrons. The van der Waals surface area contributed by atoms with Crippen LogP contribution in [0.4, 0.5) is 4.79 Å². The molecule has 0 spiro atoms. The highest BCUT2D eigenvalue weighted by Gasteiger charge is 2.41. The number of methoxy groups -OCH3 is 1. The van der Waals surface area contributed by atoms with Crippen molar-refractivity contribution in [3.05, 3.63) is 0 Å². The quantitative estimate of drug-likeness (QED) is 0.747. The van der Waals surface area contributed by atoms with Crippen molar-refractivity contribution in [2.24, 2.45) is 11.3 Å². The summed E-state index contributed by atoms with van der Waals surface area (Å²) < 4.78 is 10.3. The van der Waals surface area contributed by atoms with Crippen LogP contribution in [0.15, 0.2) is 0 Å². The first-order chi connectivity index (χ1) is 10.00. The maximum Gasteiger partial charge on any atom is 0.410 e. The van der Waals surface area contributed by atoms with Gasteiger partial charge >= 0.3 is 12.1 Å². The molecule has 5 nitrogen and oxygen atoms in total. The largest absolute Gasteiger partial charge is 0.469 e. The van der Waals surface area contributed by atoms with E-state index in [9.17, 15) is 9.59 Å². The first-order valence-corrected chi connectivity index (χ1v) is 8.04. The molecule has 0 aliphatic heterocycles. The Labute approximate surface area is 134 Å². The highest BCUT2D eigenvalue weighted by atomic mass is 16.6. The first kappa shape index (κ1) is 18.8. The zero-order valence-corrected chi connectivity index (χ0v) is 15.1. The smallest absolute Gasteiger partial charge is 0.410 e. The van der Waals surface area contributed by atoms with Gasteiger partial charge in [0.15, 0.2) is 0 Å². The van der Waals surface area contributed by atoms with Gasteiger partial charge in [0.05, 0.1) is 13.0 Å². The van der Waals surface area contributed by atoms with Crippen molar-refractivity contribution in [2.75, 3.05) is 14.2 Å². The van der Waals surface area contributed by atoms with Crippen LogP contribution in [-0.2, 0) is 14.3 Å². The van der Waals surface area contributed by atoms with Gasteiger partial charge in [-0.3, -0.25) is 4.79 Å². The average molecular weight is 313 g/mol. The highest BCUT2D eigenvalue weighted by molar-refractivity contribution is 5.72. The Kier molecular flexibility index (Phi) is 5.88. The summed E-state index contributed by atoms with van der Waals surface area (Å²) in [6.45, 7) is 9.85. The van der Waals surface area contributed by atoms with Gasteiger partial charge in [-0.1, -0.05) is 6.92 Å². The standard InChI is InChI=1S/C17H31NO4/c1-12(18(6)15(20)22-16(2,3)4)17(5)10-8-13(9-11-17)14(19)21-7/h12-13H,8-11H2,1-7H3/t12-,13?,17?/m1/s1. The van der Waals surface area contributed by atoms with E-state index in [1.165, 1.54) is 7.11 Å². The predicted octanol–water partition coefficient (Wildman–Crippen LogP) is 3.61. The van der Waals surface area contributed by atoms with Gasteiger partial charge in [0, 0.05) is 13.1 Å². The lowest BCUT2D eigenvalue weighted by molar-refractivity contribution is -0.147. The van der Waals surface area contributed by atoms with Crippen LogP contribution in [0.2, 0.25) is 0 Å². The number of carbonyl (C=O) groups excluding carboxylic acids is 2. The molecule has 5 heteroatoms. The van der Waals surface area contributed by atoms with Crippen LogP contribution < -0.4 is 0 Å².